The van der Waals surface area contributed by atoms with Crippen LogP contribution in [0.3, 0.4) is 0 Å². The predicted octanol–water partition coefficient (Wildman–Crippen LogP) is 3.05. The Bertz CT molecular complexity index is 504. The highest BCUT2D eigenvalue weighted by molar-refractivity contribution is 5.19. The number of benzene rings is 1. The third-order valence-electron chi connectivity index (χ3n) is 4.23. The van der Waals surface area contributed by atoms with Crippen molar-refractivity contribution >= 4 is 0 Å². The van der Waals surface area contributed by atoms with Gasteiger partial charge >= 0.3 is 0 Å². The van der Waals surface area contributed by atoms with Crippen LogP contribution < -0.4 is 0 Å². The van der Waals surface area contributed by atoms with E-state index >= 15 is 0 Å². The van der Waals surface area contributed by atoms with Crippen molar-refractivity contribution < 1.29 is 4.52 Å². The number of rotatable bonds is 4. The van der Waals surface area contributed by atoms with Crippen LogP contribution in [0, 0.1) is 0 Å². The number of aromatic nitrogens is 2. The lowest BCUT2D eigenvalue weighted by atomic mass is 9.94. The van der Waals surface area contributed by atoms with Crippen molar-refractivity contribution in [3.8, 4) is 0 Å². The van der Waals surface area contributed by atoms with Crippen LogP contribution in [0.4, 0.5) is 0 Å². The van der Waals surface area contributed by atoms with Crippen molar-refractivity contribution in [1.29, 1.82) is 0 Å². The molecule has 106 valence electrons. The minimum absolute atomic E-state index is 0.469. The van der Waals surface area contributed by atoms with Crippen molar-refractivity contribution in [2.45, 2.75) is 31.6 Å². The molecule has 1 aromatic carbocycles. The molecule has 4 heteroatoms. The molecule has 0 radical (unpaired) electrons. The highest BCUT2D eigenvalue weighted by Gasteiger charge is 2.24. The van der Waals surface area contributed by atoms with Crippen molar-refractivity contribution in [2.24, 2.45) is 0 Å². The molecule has 4 nitrogen and oxygen atoms in total. The van der Waals surface area contributed by atoms with Crippen LogP contribution in [-0.2, 0) is 0 Å². The summed E-state index contributed by atoms with van der Waals surface area (Å²) in [6.45, 7) is 5.68. The summed E-state index contributed by atoms with van der Waals surface area (Å²) in [6.07, 6.45) is 3.68. The smallest absolute Gasteiger partial charge is 0.213 e. The van der Waals surface area contributed by atoms with Crippen LogP contribution >= 0.6 is 0 Å². The second-order valence-corrected chi connectivity index (χ2v) is 5.68. The average Bonchev–Trinajstić information content (AvgIpc) is 3.03. The number of hydrogen-bond acceptors (Lipinski definition) is 4. The molecule has 2 aromatic rings. The fraction of sp³-hybridized carbons (Fsp3) is 0.500. The average molecular weight is 271 g/mol. The standard InChI is InChI=1S/C16H21N3O/c1-13(14-5-3-2-4-6-14)11-19-9-7-15(8-10-19)16-17-12-20-18-16/h2-6,12-13,15H,7-11H2,1H3. The van der Waals surface area contributed by atoms with Crippen molar-refractivity contribution in [3.63, 3.8) is 0 Å². The zero-order valence-corrected chi connectivity index (χ0v) is 11.9. The van der Waals surface area contributed by atoms with Gasteiger partial charge in [-0.25, -0.2) is 0 Å². The predicted molar refractivity (Wildman–Crippen MR) is 77.6 cm³/mol. The molecule has 0 saturated carbocycles. The van der Waals surface area contributed by atoms with Gasteiger partial charge in [-0.15, -0.1) is 0 Å². The summed E-state index contributed by atoms with van der Waals surface area (Å²) in [5.41, 5.74) is 1.42. The Morgan fingerprint density at radius 1 is 1.25 bits per heavy atom. The molecule has 0 bridgehead atoms. The maximum Gasteiger partial charge on any atom is 0.213 e. The third-order valence-corrected chi connectivity index (χ3v) is 4.23. The van der Waals surface area contributed by atoms with E-state index in [1.165, 1.54) is 12.0 Å². The zero-order valence-electron chi connectivity index (χ0n) is 11.9. The van der Waals surface area contributed by atoms with E-state index < -0.39 is 0 Å². The lowest BCUT2D eigenvalue weighted by molar-refractivity contribution is 0.199. The van der Waals surface area contributed by atoms with Crippen LogP contribution in [0.5, 0.6) is 0 Å². The molecule has 1 atom stereocenters. The fourth-order valence-electron chi connectivity index (χ4n) is 3.01. The Kier molecular flexibility index (Phi) is 4.11. The molecule has 0 amide bonds. The summed E-state index contributed by atoms with van der Waals surface area (Å²) in [4.78, 5) is 6.73. The largest absolute Gasteiger partial charge is 0.343 e. The first kappa shape index (κ1) is 13.3. The second kappa shape index (κ2) is 6.18. The lowest BCUT2D eigenvalue weighted by Gasteiger charge is -2.32. The molecule has 1 unspecified atom stereocenters. The normalized spacial score (nSPS) is 19.1. The van der Waals surface area contributed by atoms with E-state index in [9.17, 15) is 0 Å². The topological polar surface area (TPSA) is 42.2 Å². The monoisotopic (exact) mass is 271 g/mol. The summed E-state index contributed by atoms with van der Waals surface area (Å²) in [6, 6.07) is 10.8. The van der Waals surface area contributed by atoms with Crippen LogP contribution in [0.15, 0.2) is 41.2 Å². The Labute approximate surface area is 119 Å². The van der Waals surface area contributed by atoms with Gasteiger partial charge in [0.2, 0.25) is 6.39 Å². The Morgan fingerprint density at radius 3 is 2.65 bits per heavy atom. The molecule has 20 heavy (non-hydrogen) atoms. The first-order chi connectivity index (χ1) is 9.83. The Balaban J connectivity index is 1.51. The maximum atomic E-state index is 4.84. The first-order valence-corrected chi connectivity index (χ1v) is 7.36. The van der Waals surface area contributed by atoms with Crippen molar-refractivity contribution in [2.75, 3.05) is 19.6 Å². The van der Waals surface area contributed by atoms with Gasteiger partial charge in [0.05, 0.1) is 0 Å². The minimum atomic E-state index is 0.469. The molecule has 0 N–H and O–H groups in total. The van der Waals surface area contributed by atoms with E-state index in [1.54, 1.807) is 0 Å². The van der Waals surface area contributed by atoms with Crippen LogP contribution in [0.1, 0.15) is 43.0 Å². The molecule has 3 rings (SSSR count). The summed E-state index contributed by atoms with van der Waals surface area (Å²) in [5.74, 6) is 1.93. The number of likely N-dealkylation sites (tertiary alicyclic amines) is 1. The van der Waals surface area contributed by atoms with E-state index in [0.717, 1.165) is 38.3 Å². The number of hydrogen-bond donors (Lipinski definition) is 0. The molecule has 1 saturated heterocycles. The SMILES string of the molecule is CC(CN1CCC(c2ncon2)CC1)c1ccccc1. The molecule has 0 aliphatic carbocycles. The van der Waals surface area contributed by atoms with Gasteiger partial charge in [-0.1, -0.05) is 42.4 Å². The second-order valence-electron chi connectivity index (χ2n) is 5.68. The molecule has 1 fully saturated rings. The quantitative estimate of drug-likeness (QED) is 0.857. The number of nitrogens with zero attached hydrogens (tertiary/aromatic N) is 3. The highest BCUT2D eigenvalue weighted by atomic mass is 16.5. The zero-order chi connectivity index (χ0) is 13.8. The maximum absolute atomic E-state index is 4.84. The van der Waals surface area contributed by atoms with Gasteiger partial charge in [0.15, 0.2) is 5.82 Å². The Hall–Kier alpha value is -1.68. The molecule has 1 aromatic heterocycles. The summed E-state index contributed by atoms with van der Waals surface area (Å²) < 4.78 is 4.84. The van der Waals surface area contributed by atoms with Crippen LogP contribution in [0.25, 0.3) is 0 Å². The summed E-state index contributed by atoms with van der Waals surface area (Å²) in [7, 11) is 0. The van der Waals surface area contributed by atoms with Gasteiger partial charge in [0.25, 0.3) is 0 Å². The molecule has 1 aliphatic rings. The van der Waals surface area contributed by atoms with E-state index in [2.05, 4.69) is 52.3 Å². The van der Waals surface area contributed by atoms with Gasteiger partial charge in [-0.2, -0.15) is 4.98 Å². The first-order valence-electron chi connectivity index (χ1n) is 7.36. The summed E-state index contributed by atoms with van der Waals surface area (Å²) >= 11 is 0. The lowest BCUT2D eigenvalue weighted by Crippen LogP contribution is -2.35. The minimum Gasteiger partial charge on any atom is -0.343 e. The third kappa shape index (κ3) is 3.07. The van der Waals surface area contributed by atoms with Gasteiger partial charge in [-0.05, 0) is 37.4 Å². The molecule has 0 spiro atoms. The highest BCUT2D eigenvalue weighted by Crippen LogP contribution is 2.26. The number of piperidine rings is 1. The van der Waals surface area contributed by atoms with E-state index in [0.29, 0.717) is 11.8 Å². The van der Waals surface area contributed by atoms with Crippen LogP contribution in [-0.4, -0.2) is 34.7 Å². The molecule has 2 heterocycles. The van der Waals surface area contributed by atoms with Gasteiger partial charge < -0.3 is 9.42 Å². The molecule has 1 aliphatic heterocycles. The van der Waals surface area contributed by atoms with Crippen LogP contribution in [0.2, 0.25) is 0 Å². The van der Waals surface area contributed by atoms with Crippen molar-refractivity contribution in [3.05, 3.63) is 48.1 Å². The van der Waals surface area contributed by atoms with E-state index in [4.69, 9.17) is 4.52 Å². The van der Waals surface area contributed by atoms with Gasteiger partial charge in [-0.3, -0.25) is 0 Å². The molecular weight excluding hydrogens is 250 g/mol. The van der Waals surface area contributed by atoms with Crippen molar-refractivity contribution in [1.82, 2.24) is 15.0 Å². The Morgan fingerprint density at radius 2 is 2.00 bits per heavy atom. The molecular formula is C16H21N3O. The van der Waals surface area contributed by atoms with Gasteiger partial charge in [0, 0.05) is 12.5 Å². The summed E-state index contributed by atoms with van der Waals surface area (Å²) in [5, 5.41) is 3.97. The fourth-order valence-corrected chi connectivity index (χ4v) is 3.01. The van der Waals surface area contributed by atoms with Gasteiger partial charge in [0.1, 0.15) is 0 Å². The van der Waals surface area contributed by atoms with E-state index in [-0.39, 0.29) is 0 Å². The van der Waals surface area contributed by atoms with E-state index in [1.807, 2.05) is 0 Å².